The van der Waals surface area contributed by atoms with Crippen molar-refractivity contribution in [3.8, 4) is 22.6 Å². The zero-order valence-corrected chi connectivity index (χ0v) is 17.8. The van der Waals surface area contributed by atoms with Crippen LogP contribution in [-0.4, -0.2) is 73.5 Å². The normalized spacial score (nSPS) is 15.1. The van der Waals surface area contributed by atoms with Crippen LogP contribution in [0, 0.1) is 6.92 Å². The van der Waals surface area contributed by atoms with E-state index in [0.717, 1.165) is 65.7 Å². The first-order valence-electron chi connectivity index (χ1n) is 9.71. The van der Waals surface area contributed by atoms with Crippen molar-refractivity contribution < 1.29 is 14.6 Å². The molecule has 3 heterocycles. The molecule has 3 aromatic rings. The lowest BCUT2D eigenvalue weighted by molar-refractivity contribution is 0.188. The Hall–Kier alpha value is -2.42. The summed E-state index contributed by atoms with van der Waals surface area (Å²) >= 11 is 1.64. The lowest BCUT2D eigenvalue weighted by Gasteiger charge is -2.35. The number of fused-ring (bicyclic) bond motifs is 1. The average Bonchev–Trinajstić information content (AvgIpc) is 3.17. The van der Waals surface area contributed by atoms with Gasteiger partial charge in [-0.1, -0.05) is 6.07 Å². The smallest absolute Gasteiger partial charge is 0.161 e. The van der Waals surface area contributed by atoms with Gasteiger partial charge in [0, 0.05) is 43.7 Å². The maximum absolute atomic E-state index is 9.20. The van der Waals surface area contributed by atoms with E-state index in [1.54, 1.807) is 25.6 Å². The zero-order chi connectivity index (χ0) is 20.4. The number of aromatic nitrogens is 2. The van der Waals surface area contributed by atoms with E-state index in [1.165, 1.54) is 0 Å². The Kier molecular flexibility index (Phi) is 5.84. The van der Waals surface area contributed by atoms with Crippen molar-refractivity contribution in [2.75, 3.05) is 58.5 Å². The molecular weight excluding hydrogens is 388 g/mol. The second-order valence-electron chi connectivity index (χ2n) is 7.05. The molecule has 0 radical (unpaired) electrons. The van der Waals surface area contributed by atoms with Gasteiger partial charge in [-0.2, -0.15) is 0 Å². The number of anilines is 1. The summed E-state index contributed by atoms with van der Waals surface area (Å²) in [7, 11) is 3.29. The number of β-amino-alcohol motifs (C(OH)–C–C–N with tert-alkyl or cyclic N) is 1. The molecule has 1 aromatic carbocycles. The third kappa shape index (κ3) is 3.88. The predicted molar refractivity (Wildman–Crippen MR) is 116 cm³/mol. The number of aryl methyl sites for hydroxylation is 1. The van der Waals surface area contributed by atoms with Crippen LogP contribution in [0.25, 0.3) is 21.3 Å². The fourth-order valence-corrected chi connectivity index (χ4v) is 4.78. The highest BCUT2D eigenvalue weighted by molar-refractivity contribution is 7.17. The van der Waals surface area contributed by atoms with Crippen molar-refractivity contribution in [2.45, 2.75) is 6.92 Å². The number of hydrogen-bond acceptors (Lipinski definition) is 8. The standard InChI is InChI=1S/C21H26N4O3S/c1-14-22-20(25-8-6-24(7-9-25)10-11-26)19-16(13-29-21(19)23-14)15-4-5-17(27-2)18(12-15)28-3/h4-5,12-13,26H,6-11H2,1-3H3. The number of nitrogens with zero attached hydrogens (tertiary/aromatic N) is 4. The highest BCUT2D eigenvalue weighted by atomic mass is 32.1. The molecule has 4 rings (SSSR count). The minimum atomic E-state index is 0.199. The van der Waals surface area contributed by atoms with Crippen molar-refractivity contribution in [3.63, 3.8) is 0 Å². The van der Waals surface area contributed by atoms with Gasteiger partial charge in [-0.25, -0.2) is 9.97 Å². The van der Waals surface area contributed by atoms with Crippen LogP contribution in [0.3, 0.4) is 0 Å². The number of methoxy groups -OCH3 is 2. The minimum absolute atomic E-state index is 0.199. The van der Waals surface area contributed by atoms with Gasteiger partial charge in [-0.15, -0.1) is 11.3 Å². The molecule has 1 fully saturated rings. The molecule has 1 aliphatic heterocycles. The fourth-order valence-electron chi connectivity index (χ4n) is 3.80. The Labute approximate surface area is 174 Å². The molecule has 0 atom stereocenters. The Morgan fingerprint density at radius 3 is 2.52 bits per heavy atom. The average molecular weight is 415 g/mol. The highest BCUT2D eigenvalue weighted by Gasteiger charge is 2.23. The first kappa shape index (κ1) is 19.9. The van der Waals surface area contributed by atoms with Gasteiger partial charge in [0.2, 0.25) is 0 Å². The summed E-state index contributed by atoms with van der Waals surface area (Å²) in [6.07, 6.45) is 0. The second kappa shape index (κ2) is 8.52. The summed E-state index contributed by atoms with van der Waals surface area (Å²) in [6.45, 7) is 6.47. The van der Waals surface area contributed by atoms with Crippen molar-refractivity contribution in [1.29, 1.82) is 0 Å². The lowest BCUT2D eigenvalue weighted by Crippen LogP contribution is -2.47. The molecule has 0 unspecified atom stereocenters. The quantitative estimate of drug-likeness (QED) is 0.665. The molecule has 0 bridgehead atoms. The van der Waals surface area contributed by atoms with Crippen molar-refractivity contribution in [1.82, 2.24) is 14.9 Å². The van der Waals surface area contributed by atoms with Crippen molar-refractivity contribution in [3.05, 3.63) is 29.4 Å². The van der Waals surface area contributed by atoms with Crippen molar-refractivity contribution >= 4 is 27.4 Å². The molecule has 8 heteroatoms. The van der Waals surface area contributed by atoms with Gasteiger partial charge < -0.3 is 19.5 Å². The maximum Gasteiger partial charge on any atom is 0.161 e. The summed E-state index contributed by atoms with van der Waals surface area (Å²) in [4.78, 5) is 15.1. The number of benzene rings is 1. The van der Waals surface area contributed by atoms with E-state index in [1.807, 2.05) is 25.1 Å². The van der Waals surface area contributed by atoms with Gasteiger partial charge in [0.05, 0.1) is 26.2 Å². The van der Waals surface area contributed by atoms with Gasteiger partial charge >= 0.3 is 0 Å². The SMILES string of the molecule is COc1ccc(-c2csc3nc(C)nc(N4CCN(CCO)CC4)c23)cc1OC. The highest BCUT2D eigenvalue weighted by Crippen LogP contribution is 2.41. The van der Waals surface area contributed by atoms with Crippen LogP contribution in [-0.2, 0) is 0 Å². The molecule has 7 nitrogen and oxygen atoms in total. The van der Waals surface area contributed by atoms with Crippen LogP contribution in [0.15, 0.2) is 23.6 Å². The Morgan fingerprint density at radius 2 is 1.83 bits per heavy atom. The number of aliphatic hydroxyl groups excluding tert-OH is 1. The third-order valence-corrected chi connectivity index (χ3v) is 6.18. The van der Waals surface area contributed by atoms with Crippen molar-refractivity contribution in [2.24, 2.45) is 0 Å². The van der Waals surface area contributed by atoms with E-state index in [9.17, 15) is 5.11 Å². The van der Waals surface area contributed by atoms with E-state index in [0.29, 0.717) is 11.5 Å². The predicted octanol–water partition coefficient (Wildman–Crippen LogP) is 2.80. The van der Waals surface area contributed by atoms with E-state index < -0.39 is 0 Å². The molecular formula is C21H26N4O3S. The molecule has 0 aliphatic carbocycles. The topological polar surface area (TPSA) is 71.0 Å². The van der Waals surface area contributed by atoms with E-state index in [4.69, 9.17) is 14.5 Å². The number of aliphatic hydroxyl groups is 1. The Bertz CT molecular complexity index is 999. The number of hydrogen-bond donors (Lipinski definition) is 1. The largest absolute Gasteiger partial charge is 0.493 e. The summed E-state index contributed by atoms with van der Waals surface area (Å²) in [5.41, 5.74) is 2.17. The Morgan fingerprint density at radius 1 is 1.07 bits per heavy atom. The Balaban J connectivity index is 1.76. The lowest BCUT2D eigenvalue weighted by atomic mass is 10.0. The summed E-state index contributed by atoms with van der Waals surface area (Å²) in [5.74, 6) is 3.19. The third-order valence-electron chi connectivity index (χ3n) is 5.31. The summed E-state index contributed by atoms with van der Waals surface area (Å²) in [5, 5.41) is 12.4. The van der Waals surface area contributed by atoms with Crippen LogP contribution in [0.1, 0.15) is 5.82 Å². The molecule has 2 aromatic heterocycles. The summed E-state index contributed by atoms with van der Waals surface area (Å²) < 4.78 is 10.9. The zero-order valence-electron chi connectivity index (χ0n) is 17.0. The molecule has 1 saturated heterocycles. The molecule has 1 N–H and O–H groups in total. The second-order valence-corrected chi connectivity index (χ2v) is 7.90. The monoisotopic (exact) mass is 414 g/mol. The minimum Gasteiger partial charge on any atom is -0.493 e. The van der Waals surface area contributed by atoms with Crippen LogP contribution in [0.5, 0.6) is 11.5 Å². The van der Waals surface area contributed by atoms with Crippen LogP contribution in [0.2, 0.25) is 0 Å². The number of piperazine rings is 1. The van der Waals surface area contributed by atoms with Gasteiger partial charge in [-0.05, 0) is 24.6 Å². The van der Waals surface area contributed by atoms with E-state index in [2.05, 4.69) is 20.2 Å². The molecule has 0 saturated carbocycles. The van der Waals surface area contributed by atoms with Crippen LogP contribution in [0.4, 0.5) is 5.82 Å². The summed E-state index contributed by atoms with van der Waals surface area (Å²) in [6, 6.07) is 5.98. The molecule has 29 heavy (non-hydrogen) atoms. The van der Waals surface area contributed by atoms with Gasteiger partial charge in [0.25, 0.3) is 0 Å². The van der Waals surface area contributed by atoms with Gasteiger partial charge in [0.15, 0.2) is 11.5 Å². The van der Waals surface area contributed by atoms with E-state index in [-0.39, 0.29) is 6.61 Å². The maximum atomic E-state index is 9.20. The first-order valence-corrected chi connectivity index (χ1v) is 10.6. The number of thiophene rings is 1. The fraction of sp³-hybridized carbons (Fsp3) is 0.429. The number of ether oxygens (including phenoxy) is 2. The van der Waals surface area contributed by atoms with Gasteiger partial charge in [0.1, 0.15) is 16.5 Å². The van der Waals surface area contributed by atoms with Gasteiger partial charge in [-0.3, -0.25) is 4.90 Å². The molecule has 0 amide bonds. The van der Waals surface area contributed by atoms with Crippen LogP contribution >= 0.6 is 11.3 Å². The molecule has 1 aliphatic rings. The number of rotatable bonds is 6. The molecule has 154 valence electrons. The molecule has 0 spiro atoms. The van der Waals surface area contributed by atoms with Crippen LogP contribution < -0.4 is 14.4 Å². The first-order chi connectivity index (χ1) is 14.1. The van der Waals surface area contributed by atoms with E-state index >= 15 is 0 Å².